The van der Waals surface area contributed by atoms with Gasteiger partial charge in [0.05, 0.1) is 12.1 Å². The van der Waals surface area contributed by atoms with E-state index in [0.29, 0.717) is 6.54 Å². The van der Waals surface area contributed by atoms with Crippen molar-refractivity contribution in [1.29, 1.82) is 0 Å². The Morgan fingerprint density at radius 1 is 0.970 bits per heavy atom. The molecule has 0 bridgehead atoms. The highest BCUT2D eigenvalue weighted by Gasteiger charge is 2.20. The Kier molecular flexibility index (Phi) is 5.51. The van der Waals surface area contributed by atoms with Crippen molar-refractivity contribution in [2.75, 3.05) is 13.1 Å². The summed E-state index contributed by atoms with van der Waals surface area (Å²) in [5.41, 5.74) is 4.30. The number of benzene rings is 2. The van der Waals surface area contributed by atoms with Gasteiger partial charge in [-0.3, -0.25) is 9.78 Å². The average Bonchev–Trinajstić information content (AvgIpc) is 3.49. The maximum absolute atomic E-state index is 12.9. The van der Waals surface area contributed by atoms with Crippen molar-refractivity contribution in [3.8, 4) is 22.3 Å². The van der Waals surface area contributed by atoms with E-state index in [9.17, 15) is 9.90 Å². The monoisotopic (exact) mass is 439 g/mol. The number of amides is 1. The van der Waals surface area contributed by atoms with Crippen molar-refractivity contribution < 1.29 is 9.90 Å². The quantitative estimate of drug-likeness (QED) is 0.454. The topological polar surface area (TPSA) is 58.4 Å². The van der Waals surface area contributed by atoms with Crippen LogP contribution >= 0.6 is 0 Å². The van der Waals surface area contributed by atoms with E-state index in [1.165, 1.54) is 0 Å². The van der Waals surface area contributed by atoms with E-state index >= 15 is 0 Å². The molecule has 4 aromatic rings. The van der Waals surface area contributed by atoms with Crippen LogP contribution in [0.15, 0.2) is 73.3 Å². The number of likely N-dealkylation sites (tertiary alicyclic amines) is 1. The van der Waals surface area contributed by atoms with Gasteiger partial charge >= 0.3 is 0 Å². The summed E-state index contributed by atoms with van der Waals surface area (Å²) in [6, 6.07) is 16.4. The molecule has 0 radical (unpaired) electrons. The highest BCUT2D eigenvalue weighted by Crippen LogP contribution is 2.31. The zero-order chi connectivity index (χ0) is 23.0. The SMILES string of the molecule is CC(C)(O)Cn1ccc(-c2ccc(-c3cncc4ccc(C(=O)N5CCCC5)cc34)cc2)c1. The number of carbonyl (C=O) groups is 1. The smallest absolute Gasteiger partial charge is 0.253 e. The molecule has 0 aliphatic carbocycles. The summed E-state index contributed by atoms with van der Waals surface area (Å²) in [5.74, 6) is 0.114. The maximum atomic E-state index is 12.9. The summed E-state index contributed by atoms with van der Waals surface area (Å²) in [5, 5.41) is 12.1. The van der Waals surface area contributed by atoms with Gasteiger partial charge in [0.1, 0.15) is 0 Å². The number of fused-ring (bicyclic) bond motifs is 1. The molecular formula is C28H29N3O2. The minimum Gasteiger partial charge on any atom is -0.389 e. The van der Waals surface area contributed by atoms with Crippen LogP contribution in [0.3, 0.4) is 0 Å². The van der Waals surface area contributed by atoms with Gasteiger partial charge in [0.2, 0.25) is 0 Å². The van der Waals surface area contributed by atoms with Crippen LogP contribution in [0.2, 0.25) is 0 Å². The molecule has 168 valence electrons. The van der Waals surface area contributed by atoms with E-state index in [4.69, 9.17) is 0 Å². The summed E-state index contributed by atoms with van der Waals surface area (Å²) in [6.45, 7) is 5.86. The third-order valence-electron chi connectivity index (χ3n) is 6.25. The van der Waals surface area contributed by atoms with Crippen LogP contribution in [-0.4, -0.2) is 44.2 Å². The Hall–Kier alpha value is -3.44. The molecule has 0 saturated carbocycles. The van der Waals surface area contributed by atoms with E-state index < -0.39 is 5.60 Å². The van der Waals surface area contributed by atoms with Crippen molar-refractivity contribution in [2.45, 2.75) is 38.8 Å². The number of aliphatic hydroxyl groups is 1. The van der Waals surface area contributed by atoms with Gasteiger partial charge in [0.25, 0.3) is 5.91 Å². The van der Waals surface area contributed by atoms with Crippen LogP contribution in [0.4, 0.5) is 0 Å². The zero-order valence-electron chi connectivity index (χ0n) is 19.2. The predicted molar refractivity (Wildman–Crippen MR) is 132 cm³/mol. The van der Waals surface area contributed by atoms with E-state index in [2.05, 4.69) is 41.5 Å². The minimum atomic E-state index is -0.753. The number of carbonyl (C=O) groups excluding carboxylic acids is 1. The number of hydrogen-bond acceptors (Lipinski definition) is 3. The Morgan fingerprint density at radius 3 is 2.42 bits per heavy atom. The van der Waals surface area contributed by atoms with Crippen molar-refractivity contribution in [3.05, 3.63) is 78.9 Å². The van der Waals surface area contributed by atoms with Crippen LogP contribution in [0.5, 0.6) is 0 Å². The first-order valence-electron chi connectivity index (χ1n) is 11.5. The van der Waals surface area contributed by atoms with Crippen LogP contribution in [0.25, 0.3) is 33.0 Å². The molecule has 0 atom stereocenters. The fourth-order valence-corrected chi connectivity index (χ4v) is 4.63. The second kappa shape index (κ2) is 8.49. The summed E-state index contributed by atoms with van der Waals surface area (Å²) in [7, 11) is 0. The Bertz CT molecular complexity index is 1290. The van der Waals surface area contributed by atoms with Crippen molar-refractivity contribution in [3.63, 3.8) is 0 Å². The molecule has 1 saturated heterocycles. The molecular weight excluding hydrogens is 410 g/mol. The molecule has 5 rings (SSSR count). The number of aromatic nitrogens is 2. The van der Waals surface area contributed by atoms with Crippen molar-refractivity contribution >= 4 is 16.7 Å². The molecule has 33 heavy (non-hydrogen) atoms. The molecule has 2 aromatic carbocycles. The second-order valence-electron chi connectivity index (χ2n) is 9.58. The fourth-order valence-electron chi connectivity index (χ4n) is 4.63. The summed E-state index contributed by atoms with van der Waals surface area (Å²) in [6.07, 6.45) is 9.95. The normalized spacial score (nSPS) is 14.2. The van der Waals surface area contributed by atoms with Gasteiger partial charge in [-0.25, -0.2) is 0 Å². The number of rotatable bonds is 5. The largest absolute Gasteiger partial charge is 0.389 e. The van der Waals surface area contributed by atoms with Crippen molar-refractivity contribution in [2.24, 2.45) is 0 Å². The highest BCUT2D eigenvalue weighted by atomic mass is 16.3. The van der Waals surface area contributed by atoms with E-state index in [1.54, 1.807) is 0 Å². The molecule has 3 heterocycles. The first-order chi connectivity index (χ1) is 15.9. The Morgan fingerprint density at radius 2 is 1.70 bits per heavy atom. The van der Waals surface area contributed by atoms with Gasteiger partial charge in [-0.15, -0.1) is 0 Å². The molecule has 1 N–H and O–H groups in total. The maximum Gasteiger partial charge on any atom is 0.253 e. The summed E-state index contributed by atoms with van der Waals surface area (Å²) >= 11 is 0. The molecule has 1 amide bonds. The molecule has 5 heteroatoms. The highest BCUT2D eigenvalue weighted by molar-refractivity contribution is 6.03. The Balaban J connectivity index is 1.45. The number of nitrogens with zero attached hydrogens (tertiary/aromatic N) is 3. The van der Waals surface area contributed by atoms with Crippen LogP contribution in [0.1, 0.15) is 37.0 Å². The van der Waals surface area contributed by atoms with Crippen LogP contribution < -0.4 is 0 Å². The van der Waals surface area contributed by atoms with E-state index in [0.717, 1.165) is 64.5 Å². The van der Waals surface area contributed by atoms with Crippen LogP contribution in [0, 0.1) is 0 Å². The molecule has 1 fully saturated rings. The van der Waals surface area contributed by atoms with E-state index in [1.807, 2.05) is 60.1 Å². The van der Waals surface area contributed by atoms with Crippen LogP contribution in [-0.2, 0) is 6.54 Å². The number of pyridine rings is 1. The lowest BCUT2D eigenvalue weighted by Crippen LogP contribution is -2.27. The first kappa shape index (κ1) is 21.4. The van der Waals surface area contributed by atoms with Gasteiger partial charge in [-0.1, -0.05) is 30.3 Å². The summed E-state index contributed by atoms with van der Waals surface area (Å²) in [4.78, 5) is 19.3. The first-order valence-corrected chi connectivity index (χ1v) is 11.5. The van der Waals surface area contributed by atoms with Gasteiger partial charge in [-0.05, 0) is 67.0 Å². The van der Waals surface area contributed by atoms with Gasteiger partial charge < -0.3 is 14.6 Å². The van der Waals surface area contributed by atoms with Gasteiger partial charge in [0.15, 0.2) is 0 Å². The average molecular weight is 440 g/mol. The molecule has 5 nitrogen and oxygen atoms in total. The lowest BCUT2D eigenvalue weighted by atomic mass is 9.97. The lowest BCUT2D eigenvalue weighted by Gasteiger charge is -2.17. The van der Waals surface area contributed by atoms with Crippen molar-refractivity contribution in [1.82, 2.24) is 14.5 Å². The van der Waals surface area contributed by atoms with Gasteiger partial charge in [-0.2, -0.15) is 0 Å². The third-order valence-corrected chi connectivity index (χ3v) is 6.25. The minimum absolute atomic E-state index is 0.114. The van der Waals surface area contributed by atoms with Gasteiger partial charge in [0, 0.05) is 54.4 Å². The fraction of sp³-hybridized carbons (Fsp3) is 0.286. The zero-order valence-corrected chi connectivity index (χ0v) is 19.2. The summed E-state index contributed by atoms with van der Waals surface area (Å²) < 4.78 is 2.01. The second-order valence-corrected chi connectivity index (χ2v) is 9.58. The van der Waals surface area contributed by atoms with E-state index in [-0.39, 0.29) is 5.91 Å². The molecule has 1 aliphatic rings. The lowest BCUT2D eigenvalue weighted by molar-refractivity contribution is 0.0616. The third kappa shape index (κ3) is 4.55. The molecule has 1 aliphatic heterocycles. The predicted octanol–water partition coefficient (Wildman–Crippen LogP) is 5.38. The Labute approximate surface area is 194 Å². The number of hydrogen-bond donors (Lipinski definition) is 1. The molecule has 0 unspecified atom stereocenters. The standard InChI is InChI=1S/C28H29N3O2/c1-28(2,33)19-30-14-11-24(18-30)20-5-7-21(8-6-20)26-17-29-16-23-10-9-22(15-25(23)26)27(32)31-12-3-4-13-31/h5-11,14-18,33H,3-4,12-13,19H2,1-2H3. The molecule has 0 spiro atoms. The molecule has 2 aromatic heterocycles.